The summed E-state index contributed by atoms with van der Waals surface area (Å²) in [4.78, 5) is 0. The average molecular weight is 463 g/mol. The first-order chi connectivity index (χ1) is 14.2. The van der Waals surface area contributed by atoms with Gasteiger partial charge in [0.25, 0.3) is 0 Å². The molecule has 0 aliphatic rings. The quantitative estimate of drug-likeness (QED) is 0.157. The van der Waals surface area contributed by atoms with Crippen LogP contribution in [0.4, 0.5) is 0 Å². The minimum absolute atomic E-state index is 0.292. The topological polar surface area (TPSA) is 132 Å². The minimum atomic E-state index is -4.67. The molecule has 30 heavy (non-hydrogen) atoms. The van der Waals surface area contributed by atoms with Gasteiger partial charge in [-0.25, -0.2) is 0 Å². The van der Waals surface area contributed by atoms with Crippen molar-refractivity contribution in [1.29, 1.82) is 0 Å². The third-order valence-electron chi connectivity index (χ3n) is 3.48. The number of aliphatic hydroxyl groups excluding tert-OH is 1. The molecule has 0 aliphatic heterocycles. The van der Waals surface area contributed by atoms with Crippen LogP contribution < -0.4 is 0 Å². The second-order valence-electron chi connectivity index (χ2n) is 6.36. The van der Waals surface area contributed by atoms with Gasteiger partial charge in [-0.2, -0.15) is 8.42 Å². The Morgan fingerprint density at radius 1 is 0.667 bits per heavy atom. The first kappa shape index (κ1) is 34.3. The minimum Gasteiger partial charge on any atom is -0.379 e. The Bertz CT molecular complexity index is 374. The number of hydrogen-bond donors (Lipinski definition) is 3. The standard InChI is InChI=1S/C10H22O3.C10H22O2.H2O4S/c1-3-5-6-7-8-12-9-10(11)13-4-2;1-3-5-6-7-8-12-10-9-11-4-2;1-5(2,3)4/h10-11H,3-9H2,1-2H3;3-10H2,1-2H3;(H2,1,2,3,4). The van der Waals surface area contributed by atoms with Gasteiger partial charge < -0.3 is 24.1 Å². The first-order valence-electron chi connectivity index (χ1n) is 10.9. The molecular formula is C20H46O9S. The molecule has 0 rings (SSSR count). The van der Waals surface area contributed by atoms with Gasteiger partial charge in [-0.15, -0.1) is 0 Å². The molecule has 0 spiro atoms. The molecule has 1 atom stereocenters. The van der Waals surface area contributed by atoms with Crippen LogP contribution in [0.3, 0.4) is 0 Å². The Hall–Kier alpha value is -0.330. The molecule has 186 valence electrons. The highest BCUT2D eigenvalue weighted by molar-refractivity contribution is 7.79. The summed E-state index contributed by atoms with van der Waals surface area (Å²) in [5.41, 5.74) is 0. The van der Waals surface area contributed by atoms with Crippen molar-refractivity contribution in [2.45, 2.75) is 85.4 Å². The van der Waals surface area contributed by atoms with Crippen LogP contribution in [0, 0.1) is 0 Å². The summed E-state index contributed by atoms with van der Waals surface area (Å²) in [6.07, 6.45) is 9.14. The van der Waals surface area contributed by atoms with E-state index in [0.717, 1.165) is 39.5 Å². The van der Waals surface area contributed by atoms with Crippen molar-refractivity contribution in [3.05, 3.63) is 0 Å². The molecule has 9 nitrogen and oxygen atoms in total. The third kappa shape index (κ3) is 50.9. The van der Waals surface area contributed by atoms with Crippen molar-refractivity contribution in [3.8, 4) is 0 Å². The van der Waals surface area contributed by atoms with Gasteiger partial charge >= 0.3 is 10.4 Å². The summed E-state index contributed by atoms with van der Waals surface area (Å²) in [7, 11) is -4.67. The van der Waals surface area contributed by atoms with Crippen molar-refractivity contribution < 1.29 is 41.6 Å². The van der Waals surface area contributed by atoms with Gasteiger partial charge in [0.05, 0.1) is 19.8 Å². The predicted octanol–water partition coefficient (Wildman–Crippen LogP) is 3.91. The highest BCUT2D eigenvalue weighted by Crippen LogP contribution is 1.99. The molecule has 10 heteroatoms. The van der Waals surface area contributed by atoms with E-state index >= 15 is 0 Å². The molecule has 0 amide bonds. The predicted molar refractivity (Wildman–Crippen MR) is 118 cm³/mol. The van der Waals surface area contributed by atoms with E-state index in [9.17, 15) is 0 Å². The Labute approximate surface area is 184 Å². The summed E-state index contributed by atoms with van der Waals surface area (Å²) >= 11 is 0. The highest BCUT2D eigenvalue weighted by Gasteiger charge is 2.01. The maximum atomic E-state index is 9.10. The van der Waals surface area contributed by atoms with Crippen LogP contribution in [0.5, 0.6) is 0 Å². The van der Waals surface area contributed by atoms with Crippen LogP contribution >= 0.6 is 0 Å². The second-order valence-corrected chi connectivity index (χ2v) is 7.26. The maximum Gasteiger partial charge on any atom is 0.394 e. The van der Waals surface area contributed by atoms with E-state index in [4.69, 9.17) is 41.6 Å². The van der Waals surface area contributed by atoms with E-state index in [1.165, 1.54) is 44.9 Å². The summed E-state index contributed by atoms with van der Waals surface area (Å²) in [5, 5.41) is 9.10. The monoisotopic (exact) mass is 462 g/mol. The molecule has 0 aliphatic carbocycles. The number of unbranched alkanes of at least 4 members (excludes halogenated alkanes) is 6. The largest absolute Gasteiger partial charge is 0.394 e. The molecule has 0 saturated heterocycles. The van der Waals surface area contributed by atoms with E-state index in [1.54, 1.807) is 0 Å². The second kappa shape index (κ2) is 28.7. The van der Waals surface area contributed by atoms with E-state index in [2.05, 4.69) is 13.8 Å². The summed E-state index contributed by atoms with van der Waals surface area (Å²) in [6.45, 7) is 13.0. The van der Waals surface area contributed by atoms with Gasteiger partial charge in [-0.1, -0.05) is 52.4 Å². The SMILES string of the molecule is CCCCCCOCC(O)OCC.CCCCCCOCCOCC.O=S(=O)(O)O. The lowest BCUT2D eigenvalue weighted by molar-refractivity contribution is -0.134. The lowest BCUT2D eigenvalue weighted by atomic mass is 10.2. The van der Waals surface area contributed by atoms with Crippen molar-refractivity contribution in [2.24, 2.45) is 0 Å². The maximum absolute atomic E-state index is 9.10. The Balaban J connectivity index is -0.000000399. The normalized spacial score (nSPS) is 11.8. The summed E-state index contributed by atoms with van der Waals surface area (Å²) < 4.78 is 52.2. The first-order valence-corrected chi connectivity index (χ1v) is 12.3. The zero-order valence-electron chi connectivity index (χ0n) is 19.4. The third-order valence-corrected chi connectivity index (χ3v) is 3.48. The van der Waals surface area contributed by atoms with Gasteiger partial charge in [0.1, 0.15) is 0 Å². The van der Waals surface area contributed by atoms with E-state index < -0.39 is 16.7 Å². The zero-order chi connectivity index (χ0) is 23.5. The molecule has 0 fully saturated rings. The number of ether oxygens (including phenoxy) is 4. The van der Waals surface area contributed by atoms with E-state index in [-0.39, 0.29) is 0 Å². The van der Waals surface area contributed by atoms with Gasteiger partial charge in [0.15, 0.2) is 6.29 Å². The van der Waals surface area contributed by atoms with Crippen molar-refractivity contribution in [2.75, 3.05) is 46.2 Å². The summed E-state index contributed by atoms with van der Waals surface area (Å²) in [5.74, 6) is 0. The van der Waals surface area contributed by atoms with Gasteiger partial charge in [-0.3, -0.25) is 9.11 Å². The lowest BCUT2D eigenvalue weighted by Gasteiger charge is -2.10. The van der Waals surface area contributed by atoms with Crippen LogP contribution in [-0.2, 0) is 29.3 Å². The number of aliphatic hydroxyl groups is 1. The Morgan fingerprint density at radius 3 is 1.57 bits per heavy atom. The molecule has 0 bridgehead atoms. The van der Waals surface area contributed by atoms with Crippen molar-refractivity contribution in [3.63, 3.8) is 0 Å². The molecular weight excluding hydrogens is 416 g/mol. The Kier molecular flexibility index (Phi) is 32.8. The Morgan fingerprint density at radius 2 is 1.13 bits per heavy atom. The molecule has 0 aromatic heterocycles. The average Bonchev–Trinajstić information content (AvgIpc) is 2.66. The molecule has 0 saturated carbocycles. The van der Waals surface area contributed by atoms with Crippen LogP contribution in [0.1, 0.15) is 79.1 Å². The van der Waals surface area contributed by atoms with Crippen LogP contribution in [0.15, 0.2) is 0 Å². The van der Waals surface area contributed by atoms with E-state index in [1.807, 2.05) is 13.8 Å². The van der Waals surface area contributed by atoms with Gasteiger partial charge in [-0.05, 0) is 26.7 Å². The fourth-order valence-corrected chi connectivity index (χ4v) is 2.05. The molecule has 0 radical (unpaired) electrons. The smallest absolute Gasteiger partial charge is 0.379 e. The van der Waals surface area contributed by atoms with E-state index in [0.29, 0.717) is 13.2 Å². The summed E-state index contributed by atoms with van der Waals surface area (Å²) in [6, 6.07) is 0. The van der Waals surface area contributed by atoms with Crippen LogP contribution in [-0.4, -0.2) is 75.2 Å². The molecule has 1 unspecified atom stereocenters. The van der Waals surface area contributed by atoms with Crippen LogP contribution in [0.25, 0.3) is 0 Å². The number of hydrogen-bond acceptors (Lipinski definition) is 7. The zero-order valence-corrected chi connectivity index (χ0v) is 20.2. The fourth-order valence-electron chi connectivity index (χ4n) is 2.05. The molecule has 0 heterocycles. The molecule has 0 aromatic carbocycles. The van der Waals surface area contributed by atoms with Crippen molar-refractivity contribution in [1.82, 2.24) is 0 Å². The number of rotatable bonds is 18. The molecule has 3 N–H and O–H groups in total. The van der Waals surface area contributed by atoms with Crippen molar-refractivity contribution >= 4 is 10.4 Å². The van der Waals surface area contributed by atoms with Gasteiger partial charge in [0, 0.05) is 26.4 Å². The van der Waals surface area contributed by atoms with Gasteiger partial charge in [0.2, 0.25) is 0 Å². The fraction of sp³-hybridized carbons (Fsp3) is 1.00. The highest BCUT2D eigenvalue weighted by atomic mass is 32.3. The lowest BCUT2D eigenvalue weighted by Crippen LogP contribution is -2.19. The molecule has 0 aromatic rings. The van der Waals surface area contributed by atoms with Crippen LogP contribution in [0.2, 0.25) is 0 Å².